The van der Waals surface area contributed by atoms with Crippen molar-refractivity contribution in [1.29, 1.82) is 0 Å². The highest BCUT2D eigenvalue weighted by Crippen LogP contribution is 2.25. The highest BCUT2D eigenvalue weighted by molar-refractivity contribution is 7.89. The van der Waals surface area contributed by atoms with Crippen molar-refractivity contribution in [3.05, 3.63) is 24.0 Å². The predicted octanol–water partition coefficient (Wildman–Crippen LogP) is 1.83. The molecule has 2 rings (SSSR count). The van der Waals surface area contributed by atoms with Crippen LogP contribution in [-0.4, -0.2) is 45.0 Å². The first-order valence-corrected chi connectivity index (χ1v) is 7.73. The van der Waals surface area contributed by atoms with Crippen LogP contribution in [0.15, 0.2) is 23.1 Å². The van der Waals surface area contributed by atoms with E-state index in [0.29, 0.717) is 19.2 Å². The van der Waals surface area contributed by atoms with Gasteiger partial charge in [0.25, 0.3) is 0 Å². The summed E-state index contributed by atoms with van der Waals surface area (Å²) < 4.78 is 67.8. The SMILES string of the molecule is C[C@H]1CNCCN1S(=O)(=O)c1ccc(OC(F)F)c(F)c1.Cl. The molecule has 1 aliphatic heterocycles. The summed E-state index contributed by atoms with van der Waals surface area (Å²) in [5, 5.41) is 3.05. The van der Waals surface area contributed by atoms with Crippen LogP contribution in [0.3, 0.4) is 0 Å². The number of ether oxygens (including phenoxy) is 1. The van der Waals surface area contributed by atoms with Crippen LogP contribution < -0.4 is 10.1 Å². The molecule has 0 unspecified atom stereocenters. The van der Waals surface area contributed by atoms with E-state index in [0.717, 1.165) is 12.1 Å². The standard InChI is InChI=1S/C12H15F3N2O3S.ClH/c1-8-7-16-4-5-17(8)21(18,19)9-2-3-11(10(13)6-9)20-12(14)15;/h2-3,6,8,12,16H,4-5,7H2,1H3;1H/t8-;/m0./s1. The Morgan fingerprint density at radius 1 is 1.41 bits per heavy atom. The van der Waals surface area contributed by atoms with Crippen molar-refractivity contribution < 1.29 is 26.3 Å². The number of sulfonamides is 1. The van der Waals surface area contributed by atoms with Crippen molar-refractivity contribution in [3.8, 4) is 5.75 Å². The molecule has 1 aromatic rings. The number of halogens is 4. The average Bonchev–Trinajstić information content (AvgIpc) is 2.40. The number of benzene rings is 1. The second-order valence-electron chi connectivity index (χ2n) is 4.64. The van der Waals surface area contributed by atoms with Gasteiger partial charge in [0.1, 0.15) is 0 Å². The van der Waals surface area contributed by atoms with Crippen molar-refractivity contribution in [3.63, 3.8) is 0 Å². The summed E-state index contributed by atoms with van der Waals surface area (Å²) in [4.78, 5) is -0.282. The Hall–Kier alpha value is -1.03. The summed E-state index contributed by atoms with van der Waals surface area (Å²) in [5.74, 6) is -1.82. The summed E-state index contributed by atoms with van der Waals surface area (Å²) in [6.45, 7) is -0.183. The van der Waals surface area contributed by atoms with Gasteiger partial charge in [-0.3, -0.25) is 0 Å². The minimum absolute atomic E-state index is 0. The normalized spacial score (nSPS) is 19.8. The fraction of sp³-hybridized carbons (Fsp3) is 0.500. The molecule has 5 nitrogen and oxygen atoms in total. The van der Waals surface area contributed by atoms with E-state index in [1.807, 2.05) is 0 Å². The molecule has 0 radical (unpaired) electrons. The van der Waals surface area contributed by atoms with Gasteiger partial charge in [-0.15, -0.1) is 12.4 Å². The second kappa shape index (κ2) is 7.49. The molecule has 126 valence electrons. The molecule has 1 atom stereocenters. The largest absolute Gasteiger partial charge is 0.432 e. The minimum atomic E-state index is -3.87. The highest BCUT2D eigenvalue weighted by Gasteiger charge is 2.31. The van der Waals surface area contributed by atoms with E-state index in [4.69, 9.17) is 0 Å². The van der Waals surface area contributed by atoms with Crippen LogP contribution in [0.4, 0.5) is 13.2 Å². The Balaban J connectivity index is 0.00000242. The zero-order chi connectivity index (χ0) is 15.6. The first kappa shape index (κ1) is 19.0. The quantitative estimate of drug-likeness (QED) is 0.890. The van der Waals surface area contributed by atoms with Gasteiger partial charge in [-0.25, -0.2) is 12.8 Å². The van der Waals surface area contributed by atoms with E-state index >= 15 is 0 Å². The number of alkyl halides is 2. The monoisotopic (exact) mass is 360 g/mol. The molecule has 0 saturated carbocycles. The van der Waals surface area contributed by atoms with E-state index in [1.165, 1.54) is 4.31 Å². The van der Waals surface area contributed by atoms with Gasteiger partial charge in [0, 0.05) is 25.7 Å². The van der Waals surface area contributed by atoms with Gasteiger partial charge >= 0.3 is 6.61 Å². The van der Waals surface area contributed by atoms with Crippen LogP contribution in [0.25, 0.3) is 0 Å². The van der Waals surface area contributed by atoms with E-state index in [2.05, 4.69) is 10.1 Å². The van der Waals surface area contributed by atoms with Crippen LogP contribution in [-0.2, 0) is 10.0 Å². The van der Waals surface area contributed by atoms with Crippen molar-refractivity contribution in [2.24, 2.45) is 0 Å². The fourth-order valence-electron chi connectivity index (χ4n) is 2.15. The van der Waals surface area contributed by atoms with Crippen molar-refractivity contribution in [2.45, 2.75) is 24.5 Å². The number of hydrogen-bond donors (Lipinski definition) is 1. The average molecular weight is 361 g/mol. The van der Waals surface area contributed by atoms with Crippen molar-refractivity contribution in [2.75, 3.05) is 19.6 Å². The topological polar surface area (TPSA) is 58.6 Å². The second-order valence-corrected chi connectivity index (χ2v) is 6.53. The summed E-state index contributed by atoms with van der Waals surface area (Å²) in [7, 11) is -3.87. The summed E-state index contributed by atoms with van der Waals surface area (Å²) in [5.41, 5.74) is 0. The van der Waals surface area contributed by atoms with Gasteiger partial charge in [0.05, 0.1) is 4.90 Å². The van der Waals surface area contributed by atoms with Gasteiger partial charge < -0.3 is 10.1 Å². The number of nitrogens with one attached hydrogen (secondary N) is 1. The molecular formula is C12H16ClF3N2O3S. The fourth-order valence-corrected chi connectivity index (χ4v) is 3.79. The molecule has 10 heteroatoms. The molecule has 1 N–H and O–H groups in total. The van der Waals surface area contributed by atoms with Gasteiger partial charge in [-0.1, -0.05) is 0 Å². The van der Waals surface area contributed by atoms with E-state index in [9.17, 15) is 21.6 Å². The molecule has 1 aromatic carbocycles. The third-order valence-electron chi connectivity index (χ3n) is 3.17. The van der Waals surface area contributed by atoms with Crippen LogP contribution in [0.5, 0.6) is 5.75 Å². The maximum atomic E-state index is 13.7. The number of piperazine rings is 1. The Morgan fingerprint density at radius 3 is 2.64 bits per heavy atom. The molecule has 1 saturated heterocycles. The maximum absolute atomic E-state index is 13.7. The highest BCUT2D eigenvalue weighted by atomic mass is 35.5. The number of hydrogen-bond acceptors (Lipinski definition) is 4. The Bertz CT molecular complexity index is 616. The van der Waals surface area contributed by atoms with Crippen LogP contribution in [0.1, 0.15) is 6.92 Å². The molecule has 0 aromatic heterocycles. The first-order chi connectivity index (χ1) is 9.82. The summed E-state index contributed by atoms with van der Waals surface area (Å²) in [6, 6.07) is 2.37. The van der Waals surface area contributed by atoms with Crippen molar-refractivity contribution in [1.82, 2.24) is 9.62 Å². The summed E-state index contributed by atoms with van der Waals surface area (Å²) in [6.07, 6.45) is 0. The molecule has 22 heavy (non-hydrogen) atoms. The molecule has 0 spiro atoms. The lowest BCUT2D eigenvalue weighted by Crippen LogP contribution is -2.52. The van der Waals surface area contributed by atoms with Crippen LogP contribution in [0.2, 0.25) is 0 Å². The van der Waals surface area contributed by atoms with Crippen LogP contribution >= 0.6 is 12.4 Å². The first-order valence-electron chi connectivity index (χ1n) is 6.29. The van der Waals surface area contributed by atoms with E-state index < -0.39 is 28.2 Å². The van der Waals surface area contributed by atoms with Crippen LogP contribution in [0, 0.1) is 5.82 Å². The van der Waals surface area contributed by atoms with E-state index in [-0.39, 0.29) is 29.9 Å². The van der Waals surface area contributed by atoms with Gasteiger partial charge in [0.15, 0.2) is 11.6 Å². The molecule has 0 amide bonds. The third kappa shape index (κ3) is 4.03. The lowest BCUT2D eigenvalue weighted by Gasteiger charge is -2.32. The van der Waals surface area contributed by atoms with E-state index in [1.54, 1.807) is 6.92 Å². The number of rotatable bonds is 4. The van der Waals surface area contributed by atoms with Crippen molar-refractivity contribution >= 4 is 22.4 Å². The molecular weight excluding hydrogens is 345 g/mol. The molecule has 1 fully saturated rings. The molecule has 0 bridgehead atoms. The van der Waals surface area contributed by atoms with Gasteiger partial charge in [0.2, 0.25) is 10.0 Å². The Kier molecular flexibility index (Phi) is 6.48. The Labute approximate surface area is 132 Å². The third-order valence-corrected chi connectivity index (χ3v) is 5.18. The zero-order valence-corrected chi connectivity index (χ0v) is 13.3. The molecule has 1 aliphatic rings. The maximum Gasteiger partial charge on any atom is 0.387 e. The number of nitrogens with zero attached hydrogens (tertiary/aromatic N) is 1. The van der Waals surface area contributed by atoms with Gasteiger partial charge in [-0.05, 0) is 25.1 Å². The molecule has 1 heterocycles. The van der Waals surface area contributed by atoms with Gasteiger partial charge in [-0.2, -0.15) is 13.1 Å². The Morgan fingerprint density at radius 2 is 2.09 bits per heavy atom. The smallest absolute Gasteiger partial charge is 0.387 e. The lowest BCUT2D eigenvalue weighted by molar-refractivity contribution is -0.0522. The summed E-state index contributed by atoms with van der Waals surface area (Å²) >= 11 is 0. The lowest BCUT2D eigenvalue weighted by atomic mass is 10.3. The molecule has 0 aliphatic carbocycles. The minimum Gasteiger partial charge on any atom is -0.432 e. The predicted molar refractivity (Wildman–Crippen MR) is 76.5 cm³/mol. The zero-order valence-electron chi connectivity index (χ0n) is 11.6.